The molecule has 0 radical (unpaired) electrons. The van der Waals surface area contributed by atoms with Crippen LogP contribution in [0.4, 0.5) is 5.69 Å². The van der Waals surface area contributed by atoms with Gasteiger partial charge in [-0.15, -0.1) is 11.3 Å². The van der Waals surface area contributed by atoms with Crippen molar-refractivity contribution in [3.05, 3.63) is 40.3 Å². The van der Waals surface area contributed by atoms with Crippen LogP contribution >= 0.6 is 11.3 Å². The van der Waals surface area contributed by atoms with E-state index < -0.39 is 10.0 Å². The molecule has 3 rings (SSSR count). The highest BCUT2D eigenvalue weighted by atomic mass is 32.2. The van der Waals surface area contributed by atoms with E-state index in [1.54, 1.807) is 25.3 Å². The second-order valence-corrected chi connectivity index (χ2v) is 8.41. The highest BCUT2D eigenvalue weighted by Crippen LogP contribution is 2.29. The minimum absolute atomic E-state index is 0.186. The largest absolute Gasteiger partial charge is 0.379 e. The van der Waals surface area contributed by atoms with E-state index in [0.29, 0.717) is 41.7 Å². The number of rotatable bonds is 4. The number of amides is 1. The van der Waals surface area contributed by atoms with Crippen molar-refractivity contribution >= 4 is 33.0 Å². The van der Waals surface area contributed by atoms with Gasteiger partial charge in [-0.2, -0.15) is 4.31 Å². The number of sulfonamides is 1. The molecule has 1 amide bonds. The molecule has 0 atom stereocenters. The maximum Gasteiger partial charge on any atom is 0.265 e. The van der Waals surface area contributed by atoms with Crippen LogP contribution in [-0.4, -0.2) is 49.9 Å². The average molecular weight is 367 g/mol. The van der Waals surface area contributed by atoms with Crippen LogP contribution in [0.5, 0.6) is 0 Å². The smallest absolute Gasteiger partial charge is 0.265 e. The molecule has 7 nitrogen and oxygen atoms in total. The van der Waals surface area contributed by atoms with Crippen LogP contribution < -0.4 is 5.32 Å². The number of thiophene rings is 1. The fourth-order valence-electron chi connectivity index (χ4n) is 2.39. The first-order valence-corrected chi connectivity index (χ1v) is 9.64. The van der Waals surface area contributed by atoms with Gasteiger partial charge in [-0.05, 0) is 25.1 Å². The van der Waals surface area contributed by atoms with Gasteiger partial charge < -0.3 is 10.1 Å². The lowest BCUT2D eigenvalue weighted by molar-refractivity contribution is 0.0730. The normalized spacial score (nSPS) is 16.0. The summed E-state index contributed by atoms with van der Waals surface area (Å²) in [4.78, 5) is 17.4. The lowest BCUT2D eigenvalue weighted by Gasteiger charge is -2.25. The van der Waals surface area contributed by atoms with Gasteiger partial charge in [0.25, 0.3) is 5.91 Å². The van der Waals surface area contributed by atoms with Gasteiger partial charge in [0.15, 0.2) is 0 Å². The fraction of sp³-hybridized carbons (Fsp3) is 0.333. The molecule has 1 fully saturated rings. The molecule has 0 spiro atoms. The van der Waals surface area contributed by atoms with Gasteiger partial charge in [0.1, 0.15) is 0 Å². The number of nitrogens with zero attached hydrogens (tertiary/aromatic N) is 2. The Kier molecular flexibility index (Phi) is 4.95. The molecular weight excluding hydrogens is 350 g/mol. The summed E-state index contributed by atoms with van der Waals surface area (Å²) in [6.07, 6.45) is 3.14. The lowest BCUT2D eigenvalue weighted by atomic mass is 10.4. The monoisotopic (exact) mass is 367 g/mol. The highest BCUT2D eigenvalue weighted by Gasteiger charge is 2.30. The van der Waals surface area contributed by atoms with Gasteiger partial charge >= 0.3 is 0 Å². The van der Waals surface area contributed by atoms with E-state index in [2.05, 4.69) is 10.3 Å². The Balaban J connectivity index is 1.83. The first kappa shape index (κ1) is 17.0. The van der Waals surface area contributed by atoms with Gasteiger partial charge in [0, 0.05) is 24.2 Å². The molecule has 2 aromatic heterocycles. The number of carbonyl (C=O) groups excluding carboxylic acids is 1. The zero-order chi connectivity index (χ0) is 17.2. The Hall–Kier alpha value is -1.81. The summed E-state index contributed by atoms with van der Waals surface area (Å²) >= 11 is 1.16. The Morgan fingerprint density at radius 1 is 1.38 bits per heavy atom. The standard InChI is InChI=1S/C15H17N3O4S2/c1-11-14(24(20,21)18-5-7-22-8-6-18)9-13(23-11)15(19)17-12-3-2-4-16-10-12/h2-4,9-10H,5-8H2,1H3,(H,17,19). The minimum atomic E-state index is -3.61. The number of ether oxygens (including phenoxy) is 1. The first-order valence-electron chi connectivity index (χ1n) is 7.38. The van der Waals surface area contributed by atoms with Crippen LogP contribution in [-0.2, 0) is 14.8 Å². The SMILES string of the molecule is Cc1sc(C(=O)Nc2cccnc2)cc1S(=O)(=O)N1CCOCC1. The van der Waals surface area contributed by atoms with Crippen molar-refractivity contribution in [3.63, 3.8) is 0 Å². The average Bonchev–Trinajstić information content (AvgIpc) is 2.99. The number of hydrogen-bond donors (Lipinski definition) is 1. The summed E-state index contributed by atoms with van der Waals surface area (Å²) in [6, 6.07) is 4.87. The van der Waals surface area contributed by atoms with E-state index in [1.807, 2.05) is 0 Å². The Labute approximate surface area is 144 Å². The molecule has 24 heavy (non-hydrogen) atoms. The third-order valence-electron chi connectivity index (χ3n) is 3.60. The maximum absolute atomic E-state index is 12.7. The molecule has 0 saturated carbocycles. The van der Waals surface area contributed by atoms with Crippen LogP contribution in [0.25, 0.3) is 0 Å². The predicted octanol–water partition coefficient (Wildman–Crippen LogP) is 1.72. The van der Waals surface area contributed by atoms with Gasteiger partial charge in [0.05, 0.1) is 34.9 Å². The summed E-state index contributed by atoms with van der Waals surface area (Å²) in [5, 5.41) is 2.71. The third-order valence-corrected chi connectivity index (χ3v) is 6.81. The van der Waals surface area contributed by atoms with Crippen LogP contribution in [0.3, 0.4) is 0 Å². The zero-order valence-electron chi connectivity index (χ0n) is 13.1. The van der Waals surface area contributed by atoms with E-state index >= 15 is 0 Å². The Morgan fingerprint density at radius 3 is 2.79 bits per heavy atom. The third kappa shape index (κ3) is 3.48. The number of pyridine rings is 1. The van der Waals surface area contributed by atoms with Gasteiger partial charge in [0.2, 0.25) is 10.0 Å². The minimum Gasteiger partial charge on any atom is -0.379 e. The number of aromatic nitrogens is 1. The lowest BCUT2D eigenvalue weighted by Crippen LogP contribution is -2.40. The van der Waals surface area contributed by atoms with Crippen molar-refractivity contribution in [2.45, 2.75) is 11.8 Å². The van der Waals surface area contributed by atoms with Crippen molar-refractivity contribution in [2.24, 2.45) is 0 Å². The van der Waals surface area contributed by atoms with Crippen molar-refractivity contribution in [3.8, 4) is 0 Å². The van der Waals surface area contributed by atoms with Crippen molar-refractivity contribution in [1.82, 2.24) is 9.29 Å². The maximum atomic E-state index is 12.7. The second-order valence-electron chi connectivity index (χ2n) is 5.24. The molecule has 3 heterocycles. The molecule has 0 unspecified atom stereocenters. The molecular formula is C15H17N3O4S2. The number of aryl methyl sites for hydroxylation is 1. The summed E-state index contributed by atoms with van der Waals surface area (Å²) in [5.74, 6) is -0.348. The van der Waals surface area contributed by atoms with Crippen LogP contribution in [0.1, 0.15) is 14.5 Å². The first-order chi connectivity index (χ1) is 11.5. The molecule has 1 saturated heterocycles. The van der Waals surface area contributed by atoms with Gasteiger partial charge in [-0.3, -0.25) is 9.78 Å². The number of morpholine rings is 1. The van der Waals surface area contributed by atoms with Crippen molar-refractivity contribution in [2.75, 3.05) is 31.6 Å². The quantitative estimate of drug-likeness (QED) is 0.889. The number of anilines is 1. The van der Waals surface area contributed by atoms with Crippen LogP contribution in [0.15, 0.2) is 35.5 Å². The Bertz CT molecular complexity index is 828. The van der Waals surface area contributed by atoms with E-state index in [0.717, 1.165) is 11.3 Å². The highest BCUT2D eigenvalue weighted by molar-refractivity contribution is 7.89. The van der Waals surface area contributed by atoms with Crippen LogP contribution in [0.2, 0.25) is 0 Å². The second kappa shape index (κ2) is 6.98. The number of carbonyl (C=O) groups is 1. The summed E-state index contributed by atoms with van der Waals surface area (Å²) in [5.41, 5.74) is 0.561. The van der Waals surface area contributed by atoms with Crippen molar-refractivity contribution < 1.29 is 17.9 Å². The molecule has 1 aliphatic rings. The zero-order valence-corrected chi connectivity index (χ0v) is 14.7. The fourth-order valence-corrected chi connectivity index (χ4v) is 5.25. The Morgan fingerprint density at radius 2 is 2.12 bits per heavy atom. The predicted molar refractivity (Wildman–Crippen MR) is 90.8 cm³/mol. The van der Waals surface area contributed by atoms with E-state index in [-0.39, 0.29) is 10.8 Å². The van der Waals surface area contributed by atoms with Gasteiger partial charge in [-0.1, -0.05) is 0 Å². The van der Waals surface area contributed by atoms with E-state index in [4.69, 9.17) is 4.74 Å². The summed E-state index contributed by atoms with van der Waals surface area (Å²) < 4.78 is 32.1. The van der Waals surface area contributed by atoms with Crippen molar-refractivity contribution in [1.29, 1.82) is 0 Å². The molecule has 1 aliphatic heterocycles. The van der Waals surface area contributed by atoms with E-state index in [1.165, 1.54) is 16.6 Å². The summed E-state index contributed by atoms with van der Waals surface area (Å²) in [6.45, 7) is 3.13. The molecule has 128 valence electrons. The molecule has 0 aliphatic carbocycles. The van der Waals surface area contributed by atoms with Crippen LogP contribution in [0, 0.1) is 6.92 Å². The summed E-state index contributed by atoms with van der Waals surface area (Å²) in [7, 11) is -3.61. The molecule has 1 N–H and O–H groups in total. The topological polar surface area (TPSA) is 88.6 Å². The number of nitrogens with one attached hydrogen (secondary N) is 1. The number of hydrogen-bond acceptors (Lipinski definition) is 6. The molecule has 0 aromatic carbocycles. The molecule has 0 bridgehead atoms. The van der Waals surface area contributed by atoms with E-state index in [9.17, 15) is 13.2 Å². The van der Waals surface area contributed by atoms with Gasteiger partial charge in [-0.25, -0.2) is 8.42 Å². The molecule has 9 heteroatoms. The molecule has 2 aromatic rings.